The third-order valence-corrected chi connectivity index (χ3v) is 9.83. The number of hydrogen-bond donors (Lipinski definition) is 1. The largest absolute Gasteiger partial charge is 0.393 e. The molecule has 1 N–H and O–H groups in total. The summed E-state index contributed by atoms with van der Waals surface area (Å²) >= 11 is 0. The second-order valence-electron chi connectivity index (χ2n) is 10.3. The van der Waals surface area contributed by atoms with Crippen LogP contribution >= 0.6 is 0 Å². The molecule has 4 aliphatic rings. The second kappa shape index (κ2) is 10.3. The molecule has 8 atom stereocenters. The summed E-state index contributed by atoms with van der Waals surface area (Å²) in [5.74, 6) is 4.84. The zero-order chi connectivity index (χ0) is 20.9. The average molecular weight is 393 g/mol. The van der Waals surface area contributed by atoms with E-state index in [9.17, 15) is 5.11 Å². The van der Waals surface area contributed by atoms with Crippen molar-refractivity contribution in [2.45, 2.75) is 132 Å². The van der Waals surface area contributed by atoms with Gasteiger partial charge in [-0.1, -0.05) is 61.3 Å². The number of fused-ring (bicyclic) bond motifs is 5. The van der Waals surface area contributed by atoms with Crippen LogP contribution in [-0.2, 0) is 0 Å². The minimum atomic E-state index is -0.00152. The van der Waals surface area contributed by atoms with E-state index in [0.29, 0.717) is 10.8 Å². The molecule has 0 heterocycles. The van der Waals surface area contributed by atoms with Crippen LogP contribution in [0.2, 0.25) is 0 Å². The first kappa shape index (κ1) is 24.2. The molecule has 1 nitrogen and oxygen atoms in total. The minimum Gasteiger partial charge on any atom is -0.393 e. The van der Waals surface area contributed by atoms with Gasteiger partial charge in [-0.3, -0.25) is 0 Å². The van der Waals surface area contributed by atoms with Gasteiger partial charge in [0, 0.05) is 0 Å². The molecule has 0 aromatic rings. The molecular weight excluding hydrogens is 340 g/mol. The van der Waals surface area contributed by atoms with Crippen molar-refractivity contribution in [2.24, 2.45) is 40.4 Å². The molecule has 0 aromatic heterocycles. The molecule has 4 aliphatic carbocycles. The zero-order valence-corrected chi connectivity index (χ0v) is 20.4. The molecule has 0 radical (unpaired) electrons. The van der Waals surface area contributed by atoms with Crippen molar-refractivity contribution in [3.05, 3.63) is 0 Å². The van der Waals surface area contributed by atoms with E-state index in [1.54, 1.807) is 0 Å². The normalized spacial score (nSPS) is 46.7. The van der Waals surface area contributed by atoms with Gasteiger partial charge in [0.25, 0.3) is 0 Å². The fourth-order valence-corrected chi connectivity index (χ4v) is 8.66. The first-order valence-electron chi connectivity index (χ1n) is 13.2. The Balaban J connectivity index is 0.000000660. The molecular formula is C27H52O. The Morgan fingerprint density at radius 1 is 0.821 bits per heavy atom. The highest BCUT2D eigenvalue weighted by atomic mass is 16.3. The summed E-state index contributed by atoms with van der Waals surface area (Å²) in [6, 6.07) is 0. The molecule has 0 spiro atoms. The maximum atomic E-state index is 10.2. The fourth-order valence-electron chi connectivity index (χ4n) is 8.66. The molecule has 0 aliphatic heterocycles. The van der Waals surface area contributed by atoms with Gasteiger partial charge in [0.2, 0.25) is 0 Å². The highest BCUT2D eigenvalue weighted by Crippen LogP contribution is 2.68. The summed E-state index contributed by atoms with van der Waals surface area (Å²) in [4.78, 5) is 0. The lowest BCUT2D eigenvalue weighted by Crippen LogP contribution is -2.54. The molecule has 0 aromatic carbocycles. The van der Waals surface area contributed by atoms with E-state index in [0.717, 1.165) is 42.4 Å². The van der Waals surface area contributed by atoms with Gasteiger partial charge in [-0.25, -0.2) is 0 Å². The molecule has 0 amide bonds. The summed E-state index contributed by atoms with van der Waals surface area (Å²) in [6.45, 7) is 15.5. The summed E-state index contributed by atoms with van der Waals surface area (Å²) in [6.07, 6.45) is 16.7. The average Bonchev–Trinajstić information content (AvgIpc) is 3.11. The molecule has 8 unspecified atom stereocenters. The Bertz CT molecular complexity index is 457. The molecule has 0 saturated heterocycles. The third kappa shape index (κ3) is 3.95. The predicted octanol–water partition coefficient (Wildman–Crippen LogP) is 8.25. The molecule has 4 saturated carbocycles. The van der Waals surface area contributed by atoms with Gasteiger partial charge < -0.3 is 5.11 Å². The van der Waals surface area contributed by atoms with Crippen LogP contribution in [0.4, 0.5) is 0 Å². The Morgan fingerprint density at radius 3 is 2.18 bits per heavy atom. The third-order valence-electron chi connectivity index (χ3n) is 9.83. The van der Waals surface area contributed by atoms with E-state index in [-0.39, 0.29) is 6.10 Å². The van der Waals surface area contributed by atoms with Gasteiger partial charge in [0.1, 0.15) is 0 Å². The van der Waals surface area contributed by atoms with Crippen molar-refractivity contribution in [2.75, 3.05) is 0 Å². The number of aliphatic hydroxyl groups is 1. The van der Waals surface area contributed by atoms with E-state index >= 15 is 0 Å². The first-order chi connectivity index (χ1) is 13.5. The van der Waals surface area contributed by atoms with Crippen molar-refractivity contribution in [3.63, 3.8) is 0 Å². The Hall–Kier alpha value is -0.0400. The number of rotatable bonds is 3. The zero-order valence-electron chi connectivity index (χ0n) is 20.4. The second-order valence-corrected chi connectivity index (χ2v) is 10.3. The van der Waals surface area contributed by atoms with E-state index in [4.69, 9.17) is 0 Å². The molecule has 1 heteroatoms. The van der Waals surface area contributed by atoms with Crippen LogP contribution < -0.4 is 0 Å². The van der Waals surface area contributed by atoms with Crippen LogP contribution in [-0.4, -0.2) is 11.2 Å². The van der Waals surface area contributed by atoms with Gasteiger partial charge in [-0.2, -0.15) is 0 Å². The summed E-state index contributed by atoms with van der Waals surface area (Å²) in [7, 11) is 0. The van der Waals surface area contributed by atoms with E-state index in [1.807, 2.05) is 27.7 Å². The van der Waals surface area contributed by atoms with Crippen molar-refractivity contribution in [1.82, 2.24) is 0 Å². The van der Waals surface area contributed by atoms with Crippen LogP contribution in [0.15, 0.2) is 0 Å². The smallest absolute Gasteiger partial charge is 0.0543 e. The Kier molecular flexibility index (Phi) is 8.93. The molecule has 4 fully saturated rings. The van der Waals surface area contributed by atoms with Crippen molar-refractivity contribution >= 4 is 0 Å². The molecule has 4 rings (SSSR count). The van der Waals surface area contributed by atoms with Crippen LogP contribution in [0.5, 0.6) is 0 Å². The summed E-state index contributed by atoms with van der Waals surface area (Å²) < 4.78 is 0. The van der Waals surface area contributed by atoms with Gasteiger partial charge in [-0.15, -0.1) is 0 Å². The SMILES string of the molecule is CC.CC.CCCC1CCC2C3CCC4CC(O)CCC4(C)C3CCC12CC. The number of hydrogen-bond acceptors (Lipinski definition) is 1. The first-order valence-corrected chi connectivity index (χ1v) is 13.2. The lowest BCUT2D eigenvalue weighted by atomic mass is 9.44. The van der Waals surface area contributed by atoms with Crippen molar-refractivity contribution in [1.29, 1.82) is 0 Å². The monoisotopic (exact) mass is 392 g/mol. The maximum absolute atomic E-state index is 10.2. The predicted molar refractivity (Wildman–Crippen MR) is 123 cm³/mol. The Morgan fingerprint density at radius 2 is 1.54 bits per heavy atom. The standard InChI is InChI=1S/C23H40O.2C2H6/c1-4-6-16-8-10-21-19-9-7-17-15-18(24)11-13-22(17,3)20(19)12-14-23(16,21)5-2;2*1-2/h16-21,24H,4-15H2,1-3H3;2*1-2H3. The lowest BCUT2D eigenvalue weighted by Gasteiger charge is -2.61. The number of aliphatic hydroxyl groups excluding tert-OH is 1. The lowest BCUT2D eigenvalue weighted by molar-refractivity contribution is -0.131. The highest BCUT2D eigenvalue weighted by molar-refractivity contribution is 5.10. The minimum absolute atomic E-state index is 0.00152. The summed E-state index contributed by atoms with van der Waals surface area (Å²) in [5.41, 5.74) is 1.25. The van der Waals surface area contributed by atoms with E-state index in [2.05, 4.69) is 20.8 Å². The fraction of sp³-hybridized carbons (Fsp3) is 1.00. The molecule has 166 valence electrons. The van der Waals surface area contributed by atoms with Crippen LogP contribution in [0.1, 0.15) is 126 Å². The molecule has 0 bridgehead atoms. The Labute approximate surface area is 177 Å². The maximum Gasteiger partial charge on any atom is 0.0543 e. The van der Waals surface area contributed by atoms with E-state index < -0.39 is 0 Å². The van der Waals surface area contributed by atoms with E-state index in [1.165, 1.54) is 64.2 Å². The van der Waals surface area contributed by atoms with Gasteiger partial charge >= 0.3 is 0 Å². The molecule has 28 heavy (non-hydrogen) atoms. The van der Waals surface area contributed by atoms with Gasteiger partial charge in [0.15, 0.2) is 0 Å². The topological polar surface area (TPSA) is 20.2 Å². The summed E-state index contributed by atoms with van der Waals surface area (Å²) in [5, 5.41) is 10.2. The van der Waals surface area contributed by atoms with Crippen LogP contribution in [0, 0.1) is 40.4 Å². The van der Waals surface area contributed by atoms with Crippen LogP contribution in [0.3, 0.4) is 0 Å². The van der Waals surface area contributed by atoms with Crippen LogP contribution in [0.25, 0.3) is 0 Å². The van der Waals surface area contributed by atoms with Gasteiger partial charge in [0.05, 0.1) is 6.10 Å². The highest BCUT2D eigenvalue weighted by Gasteiger charge is 2.60. The van der Waals surface area contributed by atoms with Crippen molar-refractivity contribution < 1.29 is 5.11 Å². The van der Waals surface area contributed by atoms with Gasteiger partial charge in [-0.05, 0) is 105 Å². The van der Waals surface area contributed by atoms with Crippen molar-refractivity contribution in [3.8, 4) is 0 Å². The quantitative estimate of drug-likeness (QED) is 0.512.